The highest BCUT2D eigenvalue weighted by atomic mass is 16.5. The van der Waals surface area contributed by atoms with Crippen molar-refractivity contribution in [3.63, 3.8) is 0 Å². The van der Waals surface area contributed by atoms with Crippen LogP contribution in [0.4, 0.5) is 11.5 Å². The van der Waals surface area contributed by atoms with Gasteiger partial charge in [0.15, 0.2) is 0 Å². The zero-order valence-electron chi connectivity index (χ0n) is 15.1. The van der Waals surface area contributed by atoms with Gasteiger partial charge in [0.1, 0.15) is 11.6 Å². The molecule has 6 heteroatoms. The number of nitrogens with zero attached hydrogens (tertiary/aromatic N) is 1. The van der Waals surface area contributed by atoms with Crippen molar-refractivity contribution in [2.24, 2.45) is 5.92 Å². The normalized spacial score (nSPS) is 16.7. The molecule has 6 nitrogen and oxygen atoms in total. The van der Waals surface area contributed by atoms with Gasteiger partial charge in [0, 0.05) is 12.7 Å². The van der Waals surface area contributed by atoms with Gasteiger partial charge in [0.25, 0.3) is 5.91 Å². The zero-order chi connectivity index (χ0) is 18.2. The Morgan fingerprint density at radius 2 is 2.19 bits per heavy atom. The molecule has 2 heterocycles. The Kier molecular flexibility index (Phi) is 6.44. The number of piperidine rings is 1. The number of methoxy groups -OCH3 is 1. The molecule has 0 spiro atoms. The first kappa shape index (κ1) is 18.2. The molecular weight excluding hydrogens is 328 g/mol. The number of nitrogens with one attached hydrogen (secondary N) is 3. The second-order valence-corrected chi connectivity index (χ2v) is 6.48. The summed E-state index contributed by atoms with van der Waals surface area (Å²) in [6, 6.07) is 11.1. The molecule has 0 saturated carbocycles. The molecule has 0 radical (unpaired) electrons. The first-order valence-corrected chi connectivity index (χ1v) is 9.12. The van der Waals surface area contributed by atoms with Gasteiger partial charge in [0.2, 0.25) is 0 Å². The summed E-state index contributed by atoms with van der Waals surface area (Å²) in [5, 5.41) is 9.64. The smallest absolute Gasteiger partial charge is 0.255 e. The van der Waals surface area contributed by atoms with Gasteiger partial charge < -0.3 is 20.7 Å². The number of para-hydroxylation sites is 2. The van der Waals surface area contributed by atoms with Crippen LogP contribution in [0.15, 0.2) is 42.6 Å². The van der Waals surface area contributed by atoms with Crippen LogP contribution < -0.4 is 20.7 Å². The van der Waals surface area contributed by atoms with E-state index in [1.165, 1.54) is 12.8 Å². The van der Waals surface area contributed by atoms with Gasteiger partial charge in [0.05, 0.1) is 18.4 Å². The Bertz CT molecular complexity index is 729. The van der Waals surface area contributed by atoms with Crippen LogP contribution in [0, 0.1) is 5.92 Å². The molecule has 138 valence electrons. The largest absolute Gasteiger partial charge is 0.495 e. The van der Waals surface area contributed by atoms with Gasteiger partial charge in [-0.05, 0) is 62.5 Å². The van der Waals surface area contributed by atoms with Crippen LogP contribution in [0.2, 0.25) is 0 Å². The van der Waals surface area contributed by atoms with Crippen LogP contribution in [0.5, 0.6) is 5.75 Å². The maximum Gasteiger partial charge on any atom is 0.255 e. The average molecular weight is 354 g/mol. The highest BCUT2D eigenvalue weighted by Crippen LogP contribution is 2.27. The maximum atomic E-state index is 12.6. The Hall–Kier alpha value is -2.60. The topological polar surface area (TPSA) is 75.3 Å². The Labute approximate surface area is 154 Å². The standard InChI is InChI=1S/C20H26N4O2/c1-26-18-9-3-2-8-17(18)24-19-16(7-5-12-22-19)20(25)23-13-10-15-6-4-11-21-14-15/h2-3,5,7-9,12,15,21H,4,6,10-11,13-14H2,1H3,(H,22,24)(H,23,25). The molecule has 2 aromatic rings. The SMILES string of the molecule is COc1ccccc1Nc1ncccc1C(=O)NCCC1CCCNC1. The lowest BCUT2D eigenvalue weighted by Gasteiger charge is -2.22. The Balaban J connectivity index is 1.63. The number of hydrogen-bond acceptors (Lipinski definition) is 5. The molecule has 1 aliphatic heterocycles. The van der Waals surface area contributed by atoms with Crippen LogP contribution in [0.3, 0.4) is 0 Å². The summed E-state index contributed by atoms with van der Waals surface area (Å²) in [6.45, 7) is 2.83. The van der Waals surface area contributed by atoms with Crippen LogP contribution >= 0.6 is 0 Å². The molecule has 1 aromatic carbocycles. The van der Waals surface area contributed by atoms with Gasteiger partial charge in [-0.25, -0.2) is 4.98 Å². The van der Waals surface area contributed by atoms with Crippen molar-refractivity contribution in [2.75, 3.05) is 32.1 Å². The molecular formula is C20H26N4O2. The lowest BCUT2D eigenvalue weighted by Crippen LogP contribution is -2.33. The number of pyridine rings is 1. The summed E-state index contributed by atoms with van der Waals surface area (Å²) in [6.07, 6.45) is 5.11. The van der Waals surface area contributed by atoms with E-state index in [0.29, 0.717) is 29.6 Å². The minimum absolute atomic E-state index is 0.112. The molecule has 1 saturated heterocycles. The lowest BCUT2D eigenvalue weighted by molar-refractivity contribution is 0.0951. The summed E-state index contributed by atoms with van der Waals surface area (Å²) < 4.78 is 5.35. The number of hydrogen-bond donors (Lipinski definition) is 3. The molecule has 0 aliphatic carbocycles. The molecule has 0 bridgehead atoms. The van der Waals surface area contributed by atoms with Gasteiger partial charge in [-0.3, -0.25) is 4.79 Å². The van der Waals surface area contributed by atoms with Crippen molar-refractivity contribution < 1.29 is 9.53 Å². The van der Waals surface area contributed by atoms with Crippen molar-refractivity contribution >= 4 is 17.4 Å². The fourth-order valence-electron chi connectivity index (χ4n) is 3.22. The molecule has 1 fully saturated rings. The Morgan fingerprint density at radius 3 is 3.00 bits per heavy atom. The highest BCUT2D eigenvalue weighted by Gasteiger charge is 2.16. The second-order valence-electron chi connectivity index (χ2n) is 6.48. The molecule has 1 unspecified atom stereocenters. The fourth-order valence-corrected chi connectivity index (χ4v) is 3.22. The van der Waals surface area contributed by atoms with E-state index in [9.17, 15) is 4.79 Å². The first-order chi connectivity index (χ1) is 12.8. The molecule has 1 amide bonds. The third-order valence-electron chi connectivity index (χ3n) is 4.65. The van der Waals surface area contributed by atoms with Crippen LogP contribution in [0.1, 0.15) is 29.6 Å². The number of amides is 1. The van der Waals surface area contributed by atoms with E-state index in [0.717, 1.165) is 25.2 Å². The number of benzene rings is 1. The second kappa shape index (κ2) is 9.20. The van der Waals surface area contributed by atoms with E-state index in [1.54, 1.807) is 25.4 Å². The van der Waals surface area contributed by atoms with E-state index in [1.807, 2.05) is 24.3 Å². The van der Waals surface area contributed by atoms with Gasteiger partial charge in [-0.2, -0.15) is 0 Å². The summed E-state index contributed by atoms with van der Waals surface area (Å²) in [5.74, 6) is 1.76. The Morgan fingerprint density at radius 1 is 1.31 bits per heavy atom. The summed E-state index contributed by atoms with van der Waals surface area (Å²) in [4.78, 5) is 16.9. The minimum atomic E-state index is -0.112. The third-order valence-corrected chi connectivity index (χ3v) is 4.65. The molecule has 3 rings (SSSR count). The van der Waals surface area contributed by atoms with Crippen LogP contribution in [0.25, 0.3) is 0 Å². The van der Waals surface area contributed by atoms with E-state index < -0.39 is 0 Å². The third kappa shape index (κ3) is 4.73. The highest BCUT2D eigenvalue weighted by molar-refractivity contribution is 5.99. The van der Waals surface area contributed by atoms with Gasteiger partial charge >= 0.3 is 0 Å². The number of ether oxygens (including phenoxy) is 1. The molecule has 26 heavy (non-hydrogen) atoms. The number of carbonyl (C=O) groups is 1. The summed E-state index contributed by atoms with van der Waals surface area (Å²) in [7, 11) is 1.62. The molecule has 3 N–H and O–H groups in total. The predicted octanol–water partition coefficient (Wildman–Crippen LogP) is 2.95. The number of anilines is 2. The fraction of sp³-hybridized carbons (Fsp3) is 0.400. The lowest BCUT2D eigenvalue weighted by atomic mass is 9.96. The van der Waals surface area contributed by atoms with E-state index in [-0.39, 0.29) is 5.91 Å². The number of rotatable bonds is 7. The maximum absolute atomic E-state index is 12.6. The quantitative estimate of drug-likeness (QED) is 0.713. The van der Waals surface area contributed by atoms with E-state index in [2.05, 4.69) is 20.9 Å². The van der Waals surface area contributed by atoms with Gasteiger partial charge in [-0.15, -0.1) is 0 Å². The van der Waals surface area contributed by atoms with Crippen molar-refractivity contribution in [3.05, 3.63) is 48.2 Å². The number of aromatic nitrogens is 1. The van der Waals surface area contributed by atoms with Gasteiger partial charge in [-0.1, -0.05) is 12.1 Å². The van der Waals surface area contributed by atoms with Crippen molar-refractivity contribution in [1.82, 2.24) is 15.6 Å². The van der Waals surface area contributed by atoms with E-state index >= 15 is 0 Å². The van der Waals surface area contributed by atoms with E-state index in [4.69, 9.17) is 4.74 Å². The molecule has 1 aromatic heterocycles. The van der Waals surface area contributed by atoms with Crippen molar-refractivity contribution in [1.29, 1.82) is 0 Å². The monoisotopic (exact) mass is 354 g/mol. The zero-order valence-corrected chi connectivity index (χ0v) is 15.1. The van der Waals surface area contributed by atoms with Crippen LogP contribution in [-0.4, -0.2) is 37.6 Å². The first-order valence-electron chi connectivity index (χ1n) is 9.12. The molecule has 1 aliphatic rings. The van der Waals surface area contributed by atoms with Crippen molar-refractivity contribution in [3.8, 4) is 5.75 Å². The predicted molar refractivity (Wildman–Crippen MR) is 103 cm³/mol. The number of carbonyl (C=O) groups excluding carboxylic acids is 1. The minimum Gasteiger partial charge on any atom is -0.495 e. The van der Waals surface area contributed by atoms with Crippen LogP contribution in [-0.2, 0) is 0 Å². The summed E-state index contributed by atoms with van der Waals surface area (Å²) in [5.41, 5.74) is 1.30. The van der Waals surface area contributed by atoms with Crippen molar-refractivity contribution in [2.45, 2.75) is 19.3 Å². The summed E-state index contributed by atoms with van der Waals surface area (Å²) >= 11 is 0. The average Bonchev–Trinajstić information content (AvgIpc) is 2.69. The molecule has 1 atom stereocenters.